The molecule has 0 spiro atoms. The van der Waals surface area contributed by atoms with Gasteiger partial charge in [-0.15, -0.1) is 0 Å². The lowest BCUT2D eigenvalue weighted by atomic mass is 10.1. The van der Waals surface area contributed by atoms with E-state index < -0.39 is 0 Å². The normalized spacial score (nSPS) is 16.1. The molecule has 0 bridgehead atoms. The molecule has 1 aromatic carbocycles. The Morgan fingerprint density at radius 1 is 1.25 bits per heavy atom. The number of nitrogens with one attached hydrogen (secondary N) is 3. The minimum atomic E-state index is -0.192. The van der Waals surface area contributed by atoms with E-state index in [4.69, 9.17) is 0 Å². The van der Waals surface area contributed by atoms with Crippen LogP contribution in [0.5, 0.6) is 0 Å². The number of hydrogen-bond donors (Lipinski definition) is 3. The summed E-state index contributed by atoms with van der Waals surface area (Å²) in [5, 5.41) is 9.82. The first-order valence-electron chi connectivity index (χ1n) is 9.55. The Morgan fingerprint density at radius 3 is 2.75 bits per heavy atom. The van der Waals surface area contributed by atoms with Crippen LogP contribution < -0.4 is 20.9 Å². The van der Waals surface area contributed by atoms with Crippen molar-refractivity contribution in [1.29, 1.82) is 0 Å². The third-order valence-electron chi connectivity index (χ3n) is 5.26. The lowest BCUT2D eigenvalue weighted by Gasteiger charge is -2.27. The number of anilines is 2. The zero-order valence-electron chi connectivity index (χ0n) is 16.1. The molecule has 1 fully saturated rings. The van der Waals surface area contributed by atoms with E-state index in [0.717, 1.165) is 55.4 Å². The summed E-state index contributed by atoms with van der Waals surface area (Å²) in [7, 11) is 0. The lowest BCUT2D eigenvalue weighted by Crippen LogP contribution is -2.44. The second-order valence-electron chi connectivity index (χ2n) is 7.17. The van der Waals surface area contributed by atoms with Gasteiger partial charge < -0.3 is 20.9 Å². The summed E-state index contributed by atoms with van der Waals surface area (Å²) < 4.78 is 13.5. The summed E-state index contributed by atoms with van der Waals surface area (Å²) in [4.78, 5) is 11.1. The molecule has 1 aliphatic carbocycles. The van der Waals surface area contributed by atoms with E-state index in [9.17, 15) is 4.39 Å². The van der Waals surface area contributed by atoms with Gasteiger partial charge in [0.05, 0.1) is 23.9 Å². The number of benzene rings is 1. The Bertz CT molecular complexity index is 900. The molecule has 3 N–H and O–H groups in total. The van der Waals surface area contributed by atoms with Crippen LogP contribution in [0.25, 0.3) is 5.57 Å². The highest BCUT2D eigenvalue weighted by molar-refractivity contribution is 5.75. The van der Waals surface area contributed by atoms with Gasteiger partial charge in [-0.2, -0.15) is 0 Å². The lowest BCUT2D eigenvalue weighted by molar-refractivity contribution is 0.580. The Labute approximate surface area is 164 Å². The highest BCUT2D eigenvalue weighted by atomic mass is 19.1. The highest BCUT2D eigenvalue weighted by Crippen LogP contribution is 2.32. The van der Waals surface area contributed by atoms with Crippen LogP contribution in [0.2, 0.25) is 0 Å². The summed E-state index contributed by atoms with van der Waals surface area (Å²) in [5.74, 6) is 1.24. The van der Waals surface area contributed by atoms with Crippen LogP contribution in [-0.2, 0) is 6.42 Å². The first kappa shape index (κ1) is 18.4. The number of piperazine rings is 1. The van der Waals surface area contributed by atoms with E-state index in [1.165, 1.54) is 17.2 Å². The smallest absolute Gasteiger partial charge is 0.225 e. The number of allylic oxidation sites excluding steroid dienone is 1. The third kappa shape index (κ3) is 3.99. The topological polar surface area (TPSA) is 65.1 Å². The largest absolute Gasteiger partial charge is 0.368 e. The van der Waals surface area contributed by atoms with Crippen molar-refractivity contribution in [2.75, 3.05) is 42.9 Å². The van der Waals surface area contributed by atoms with Gasteiger partial charge in [0.15, 0.2) is 0 Å². The van der Waals surface area contributed by atoms with Crippen molar-refractivity contribution >= 4 is 17.2 Å². The summed E-state index contributed by atoms with van der Waals surface area (Å²) in [6.45, 7) is 10.5. The maximum absolute atomic E-state index is 13.5. The van der Waals surface area contributed by atoms with Crippen molar-refractivity contribution in [2.24, 2.45) is 0 Å². The fourth-order valence-electron chi connectivity index (χ4n) is 3.65. The molecular weight excluding hydrogens is 355 g/mol. The SMILES string of the molecule is C=C(NCC1=C(C)c2cc(F)ccc2C1)Nc1cnc(N2CCNCC2)nc1. The molecule has 6 nitrogen and oxygen atoms in total. The number of nitrogens with zero attached hydrogens (tertiary/aromatic N) is 3. The van der Waals surface area contributed by atoms with Gasteiger partial charge in [-0.3, -0.25) is 0 Å². The number of hydrogen-bond acceptors (Lipinski definition) is 6. The van der Waals surface area contributed by atoms with Gasteiger partial charge in [-0.25, -0.2) is 14.4 Å². The molecule has 1 aliphatic heterocycles. The molecule has 0 amide bonds. The Morgan fingerprint density at radius 2 is 2.00 bits per heavy atom. The first-order chi connectivity index (χ1) is 13.6. The number of fused-ring (bicyclic) bond motifs is 1. The van der Waals surface area contributed by atoms with Crippen molar-refractivity contribution < 1.29 is 4.39 Å². The van der Waals surface area contributed by atoms with Crippen LogP contribution in [0.4, 0.5) is 16.0 Å². The second-order valence-corrected chi connectivity index (χ2v) is 7.17. The fraction of sp³-hybridized carbons (Fsp3) is 0.333. The zero-order valence-corrected chi connectivity index (χ0v) is 16.1. The van der Waals surface area contributed by atoms with Crippen LogP contribution in [0, 0.1) is 5.82 Å². The van der Waals surface area contributed by atoms with Crippen LogP contribution in [-0.4, -0.2) is 42.7 Å². The number of aromatic nitrogens is 2. The molecule has 0 unspecified atom stereocenters. The molecular formula is C21H25FN6. The zero-order chi connectivity index (χ0) is 19.5. The quantitative estimate of drug-likeness (QED) is 0.716. The maximum atomic E-state index is 13.5. The van der Waals surface area contributed by atoms with Crippen molar-refractivity contribution in [3.8, 4) is 0 Å². The Balaban J connectivity index is 1.31. The van der Waals surface area contributed by atoms with E-state index in [0.29, 0.717) is 12.4 Å². The molecule has 28 heavy (non-hydrogen) atoms. The van der Waals surface area contributed by atoms with Crippen LogP contribution in [0.3, 0.4) is 0 Å². The average molecular weight is 380 g/mol. The van der Waals surface area contributed by atoms with E-state index in [1.54, 1.807) is 18.5 Å². The minimum absolute atomic E-state index is 0.192. The van der Waals surface area contributed by atoms with Gasteiger partial charge in [0.2, 0.25) is 5.95 Å². The second kappa shape index (κ2) is 7.98. The van der Waals surface area contributed by atoms with Crippen molar-refractivity contribution in [2.45, 2.75) is 13.3 Å². The van der Waals surface area contributed by atoms with Crippen molar-refractivity contribution in [3.05, 3.63) is 65.5 Å². The molecule has 2 aliphatic rings. The molecule has 2 aromatic rings. The van der Waals surface area contributed by atoms with E-state index in [2.05, 4.69) is 37.4 Å². The number of rotatable bonds is 6. The van der Waals surface area contributed by atoms with E-state index in [-0.39, 0.29) is 5.82 Å². The molecule has 0 saturated carbocycles. The maximum Gasteiger partial charge on any atom is 0.225 e. The molecule has 1 saturated heterocycles. The molecule has 4 rings (SSSR count). The van der Waals surface area contributed by atoms with Crippen LogP contribution in [0.15, 0.2) is 48.6 Å². The average Bonchev–Trinajstić information content (AvgIpc) is 3.03. The standard InChI is InChI=1S/C21H25FN6/c1-14-17(9-16-3-4-18(22)10-20(14)16)11-24-15(2)27-19-12-25-21(26-13-19)28-7-5-23-6-8-28/h3-4,10,12-13,23-24,27H,2,5-9,11H2,1H3. The molecule has 7 heteroatoms. The molecule has 0 radical (unpaired) electrons. The van der Waals surface area contributed by atoms with Crippen LogP contribution >= 0.6 is 0 Å². The predicted molar refractivity (Wildman–Crippen MR) is 111 cm³/mol. The van der Waals surface area contributed by atoms with Gasteiger partial charge in [0, 0.05) is 32.7 Å². The van der Waals surface area contributed by atoms with Gasteiger partial charge in [-0.05, 0) is 47.8 Å². The Hall–Kier alpha value is -2.93. The molecule has 2 heterocycles. The van der Waals surface area contributed by atoms with Gasteiger partial charge in [-0.1, -0.05) is 12.6 Å². The Kier molecular flexibility index (Phi) is 5.25. The van der Waals surface area contributed by atoms with Gasteiger partial charge >= 0.3 is 0 Å². The van der Waals surface area contributed by atoms with Crippen molar-refractivity contribution in [3.63, 3.8) is 0 Å². The number of halogens is 1. The van der Waals surface area contributed by atoms with Crippen molar-refractivity contribution in [1.82, 2.24) is 20.6 Å². The van der Waals surface area contributed by atoms with Gasteiger partial charge in [0.25, 0.3) is 0 Å². The summed E-state index contributed by atoms with van der Waals surface area (Å²) >= 11 is 0. The van der Waals surface area contributed by atoms with E-state index in [1.807, 2.05) is 13.0 Å². The van der Waals surface area contributed by atoms with Crippen LogP contribution in [0.1, 0.15) is 18.1 Å². The molecule has 1 aromatic heterocycles. The summed E-state index contributed by atoms with van der Waals surface area (Å²) in [6.07, 6.45) is 4.39. The van der Waals surface area contributed by atoms with Gasteiger partial charge in [0.1, 0.15) is 5.82 Å². The predicted octanol–water partition coefficient (Wildman–Crippen LogP) is 2.53. The first-order valence-corrected chi connectivity index (χ1v) is 9.55. The highest BCUT2D eigenvalue weighted by Gasteiger charge is 2.19. The monoisotopic (exact) mass is 380 g/mol. The van der Waals surface area contributed by atoms with E-state index >= 15 is 0 Å². The summed E-state index contributed by atoms with van der Waals surface area (Å²) in [6, 6.07) is 5.00. The molecule has 0 atom stereocenters. The minimum Gasteiger partial charge on any atom is -0.368 e. The molecule has 146 valence electrons. The summed E-state index contributed by atoms with van der Waals surface area (Å²) in [5.41, 5.74) is 5.35. The fourth-order valence-corrected chi connectivity index (χ4v) is 3.65. The third-order valence-corrected chi connectivity index (χ3v) is 5.26.